The van der Waals surface area contributed by atoms with E-state index in [1.807, 2.05) is 12.1 Å². The van der Waals surface area contributed by atoms with Gasteiger partial charge in [0.05, 0.1) is 18.6 Å². The first-order chi connectivity index (χ1) is 13.7. The third-order valence-electron chi connectivity index (χ3n) is 5.56. The lowest BCUT2D eigenvalue weighted by Gasteiger charge is -2.38. The maximum absolute atomic E-state index is 12.0. The van der Waals surface area contributed by atoms with Gasteiger partial charge in [-0.3, -0.25) is 9.69 Å². The normalized spacial score (nSPS) is 16.1. The second-order valence-corrected chi connectivity index (χ2v) is 7.27. The van der Waals surface area contributed by atoms with Crippen molar-refractivity contribution in [2.24, 2.45) is 4.99 Å². The van der Waals surface area contributed by atoms with Crippen molar-refractivity contribution in [2.75, 3.05) is 32.8 Å². The molecule has 1 aliphatic rings. The molecule has 0 spiro atoms. The third kappa shape index (κ3) is 4.57. The average molecular weight is 379 g/mol. The van der Waals surface area contributed by atoms with E-state index in [0.717, 1.165) is 51.4 Å². The van der Waals surface area contributed by atoms with Gasteiger partial charge < -0.3 is 4.74 Å². The zero-order valence-electron chi connectivity index (χ0n) is 16.9. The lowest BCUT2D eigenvalue weighted by Crippen LogP contribution is -2.44. The molecule has 0 aromatic heterocycles. The van der Waals surface area contributed by atoms with E-state index in [9.17, 15) is 4.79 Å². The highest BCUT2D eigenvalue weighted by Crippen LogP contribution is 2.39. The highest BCUT2D eigenvalue weighted by molar-refractivity contribution is 6.03. The maximum atomic E-state index is 12.0. The summed E-state index contributed by atoms with van der Waals surface area (Å²) in [5.74, 6) is -0.139. The van der Waals surface area contributed by atoms with Crippen LogP contribution in [0.3, 0.4) is 0 Å². The zero-order valence-corrected chi connectivity index (χ0v) is 16.9. The van der Waals surface area contributed by atoms with Gasteiger partial charge in [0.1, 0.15) is 0 Å². The van der Waals surface area contributed by atoms with Crippen molar-refractivity contribution in [3.05, 3.63) is 71.8 Å². The van der Waals surface area contributed by atoms with Crippen molar-refractivity contribution < 1.29 is 9.53 Å². The predicted octanol–water partition coefficient (Wildman–Crippen LogP) is 4.09. The summed E-state index contributed by atoms with van der Waals surface area (Å²) in [6.45, 7) is 8.03. The van der Waals surface area contributed by atoms with E-state index in [0.29, 0.717) is 0 Å². The number of aliphatic imine (C=N–C) groups is 1. The Morgan fingerprint density at radius 1 is 1.00 bits per heavy atom. The first-order valence-corrected chi connectivity index (χ1v) is 10.2. The molecule has 0 atom stereocenters. The summed E-state index contributed by atoms with van der Waals surface area (Å²) in [6, 6.07) is 21.0. The number of nitrogens with zero attached hydrogens (tertiary/aromatic N) is 2. The maximum Gasteiger partial charge on any atom is 0.242 e. The summed E-state index contributed by atoms with van der Waals surface area (Å²) < 4.78 is 5.51. The molecule has 4 heteroatoms. The molecule has 0 N–H and O–H groups in total. The molecule has 1 aliphatic heterocycles. The number of morpholine rings is 1. The number of carbonyl (C=O) groups is 1. The third-order valence-corrected chi connectivity index (χ3v) is 5.56. The first-order valence-electron chi connectivity index (χ1n) is 10.2. The first kappa shape index (κ1) is 20.4. The highest BCUT2D eigenvalue weighted by atomic mass is 16.5. The fourth-order valence-corrected chi connectivity index (χ4v) is 4.20. The molecule has 0 unspecified atom stereocenters. The largest absolute Gasteiger partial charge is 0.379 e. The number of hydrogen-bond donors (Lipinski definition) is 0. The van der Waals surface area contributed by atoms with Crippen molar-refractivity contribution >= 4 is 11.6 Å². The highest BCUT2D eigenvalue weighted by Gasteiger charge is 2.39. The van der Waals surface area contributed by atoms with Gasteiger partial charge in [-0.2, -0.15) is 0 Å². The Morgan fingerprint density at radius 3 is 2.00 bits per heavy atom. The van der Waals surface area contributed by atoms with Crippen LogP contribution in [-0.2, 0) is 14.9 Å². The fourth-order valence-electron chi connectivity index (χ4n) is 4.20. The van der Waals surface area contributed by atoms with Gasteiger partial charge >= 0.3 is 0 Å². The summed E-state index contributed by atoms with van der Waals surface area (Å²) in [6.07, 6.45) is 1.60. The van der Waals surface area contributed by atoms with Crippen LogP contribution < -0.4 is 0 Å². The van der Waals surface area contributed by atoms with E-state index >= 15 is 0 Å². The number of rotatable bonds is 7. The molecule has 3 rings (SSSR count). The van der Waals surface area contributed by atoms with Crippen LogP contribution in [0.25, 0.3) is 0 Å². The molecule has 0 bridgehead atoms. The molecular weight excluding hydrogens is 348 g/mol. The topological polar surface area (TPSA) is 41.9 Å². The van der Waals surface area contributed by atoms with Crippen molar-refractivity contribution in [3.63, 3.8) is 0 Å². The minimum absolute atomic E-state index is 0.139. The molecule has 1 fully saturated rings. The molecule has 28 heavy (non-hydrogen) atoms. The number of amides is 1. The Balaban J connectivity index is 2.12. The van der Waals surface area contributed by atoms with Crippen LogP contribution in [-0.4, -0.2) is 49.4 Å². The van der Waals surface area contributed by atoms with Gasteiger partial charge in [-0.15, -0.1) is 0 Å². The second-order valence-electron chi connectivity index (χ2n) is 7.27. The number of carbonyl (C=O) groups excluding carboxylic acids is 1. The standard InChI is InChI=1S/C24H30N2O2/c1-3-23(25-20(2)27)24(21-10-6-4-7-11-21,22-12-8-5-9-13-22)14-15-26-16-18-28-19-17-26/h4-13H,3,14-19H2,1-2H3. The molecule has 0 saturated carbocycles. The molecule has 0 aliphatic carbocycles. The average Bonchev–Trinajstić information content (AvgIpc) is 2.75. The van der Waals surface area contributed by atoms with Crippen LogP contribution in [0.5, 0.6) is 0 Å². The van der Waals surface area contributed by atoms with Crippen LogP contribution >= 0.6 is 0 Å². The Kier molecular flexibility index (Phi) is 7.12. The van der Waals surface area contributed by atoms with Gasteiger partial charge in [-0.1, -0.05) is 67.6 Å². The van der Waals surface area contributed by atoms with E-state index < -0.39 is 5.41 Å². The minimum Gasteiger partial charge on any atom is -0.379 e. The number of ether oxygens (including phenoxy) is 1. The molecule has 148 valence electrons. The molecule has 2 aromatic rings. The van der Waals surface area contributed by atoms with Crippen LogP contribution in [0.15, 0.2) is 65.7 Å². The van der Waals surface area contributed by atoms with Crippen LogP contribution in [0.1, 0.15) is 37.8 Å². The van der Waals surface area contributed by atoms with Crippen molar-refractivity contribution in [3.8, 4) is 0 Å². The lowest BCUT2D eigenvalue weighted by atomic mass is 9.67. The predicted molar refractivity (Wildman–Crippen MR) is 114 cm³/mol. The van der Waals surface area contributed by atoms with Gasteiger partial charge in [0.25, 0.3) is 0 Å². The molecule has 1 amide bonds. The van der Waals surface area contributed by atoms with Crippen molar-refractivity contribution in [1.82, 2.24) is 4.90 Å². The summed E-state index contributed by atoms with van der Waals surface area (Å²) >= 11 is 0. The smallest absolute Gasteiger partial charge is 0.242 e. The lowest BCUT2D eigenvalue weighted by molar-refractivity contribution is -0.115. The van der Waals surface area contributed by atoms with E-state index in [4.69, 9.17) is 4.74 Å². The van der Waals surface area contributed by atoms with E-state index in [-0.39, 0.29) is 5.91 Å². The Labute approximate surface area is 168 Å². The fraction of sp³-hybridized carbons (Fsp3) is 0.417. The van der Waals surface area contributed by atoms with Crippen molar-refractivity contribution in [1.29, 1.82) is 0 Å². The van der Waals surface area contributed by atoms with E-state index in [1.54, 1.807) is 6.92 Å². The SMILES string of the molecule is CCC(=NC(C)=O)C(CCN1CCOCC1)(c1ccccc1)c1ccccc1. The Morgan fingerprint density at radius 2 is 1.54 bits per heavy atom. The minimum atomic E-state index is -0.415. The summed E-state index contributed by atoms with van der Waals surface area (Å²) in [5, 5.41) is 0. The molecule has 2 aromatic carbocycles. The summed E-state index contributed by atoms with van der Waals surface area (Å²) in [4.78, 5) is 19.0. The molecule has 1 heterocycles. The van der Waals surface area contributed by atoms with Gasteiger partial charge in [-0.05, 0) is 30.5 Å². The summed E-state index contributed by atoms with van der Waals surface area (Å²) in [5.41, 5.74) is 2.90. The van der Waals surface area contributed by atoms with Gasteiger partial charge in [0.15, 0.2) is 0 Å². The van der Waals surface area contributed by atoms with Gasteiger partial charge in [-0.25, -0.2) is 4.99 Å². The van der Waals surface area contributed by atoms with E-state index in [1.165, 1.54) is 11.1 Å². The van der Waals surface area contributed by atoms with Crippen LogP contribution in [0.4, 0.5) is 0 Å². The zero-order chi connectivity index (χ0) is 19.8. The van der Waals surface area contributed by atoms with Gasteiger partial charge in [0.2, 0.25) is 5.91 Å². The second kappa shape index (κ2) is 9.76. The molecule has 1 saturated heterocycles. The molecular formula is C24H30N2O2. The molecule has 0 radical (unpaired) electrons. The Bertz CT molecular complexity index is 741. The summed E-state index contributed by atoms with van der Waals surface area (Å²) in [7, 11) is 0. The van der Waals surface area contributed by atoms with Crippen LogP contribution in [0, 0.1) is 0 Å². The van der Waals surface area contributed by atoms with Crippen molar-refractivity contribution in [2.45, 2.75) is 32.1 Å². The van der Waals surface area contributed by atoms with Gasteiger partial charge in [0, 0.05) is 25.7 Å². The number of hydrogen-bond acceptors (Lipinski definition) is 3. The monoisotopic (exact) mass is 378 g/mol. The van der Waals surface area contributed by atoms with Crippen LogP contribution in [0.2, 0.25) is 0 Å². The number of benzene rings is 2. The molecule has 4 nitrogen and oxygen atoms in total. The van der Waals surface area contributed by atoms with E-state index in [2.05, 4.69) is 65.3 Å². The Hall–Kier alpha value is -2.30. The quantitative estimate of drug-likeness (QED) is 0.682.